The molecule has 2 aliphatic rings. The van der Waals surface area contributed by atoms with E-state index in [1.807, 2.05) is 17.0 Å². The first-order valence-corrected chi connectivity index (χ1v) is 10.2. The van der Waals surface area contributed by atoms with Gasteiger partial charge in [0.15, 0.2) is 0 Å². The zero-order valence-corrected chi connectivity index (χ0v) is 16.6. The summed E-state index contributed by atoms with van der Waals surface area (Å²) in [5, 5.41) is 0. The molecule has 0 unspecified atom stereocenters. The molecule has 30 heavy (non-hydrogen) atoms. The Kier molecular flexibility index (Phi) is 5.97. The van der Waals surface area contributed by atoms with Crippen LogP contribution < -0.4 is 4.74 Å². The molecule has 2 heterocycles. The zero-order chi connectivity index (χ0) is 21.1. The minimum atomic E-state index is -2.99. The van der Waals surface area contributed by atoms with E-state index in [0.29, 0.717) is 39.0 Å². The van der Waals surface area contributed by atoms with E-state index in [9.17, 15) is 18.4 Å². The van der Waals surface area contributed by atoms with Crippen molar-refractivity contribution in [2.75, 3.05) is 19.6 Å². The molecule has 0 bridgehead atoms. The minimum absolute atomic E-state index is 0.119. The van der Waals surface area contributed by atoms with Gasteiger partial charge in [-0.1, -0.05) is 36.4 Å². The molecular formula is C23H24F2N2O3. The van der Waals surface area contributed by atoms with Crippen molar-refractivity contribution >= 4 is 11.8 Å². The quantitative estimate of drug-likeness (QED) is 0.766. The molecule has 1 fully saturated rings. The van der Waals surface area contributed by atoms with Crippen molar-refractivity contribution in [3.8, 4) is 5.75 Å². The fraction of sp³-hybridized carbons (Fsp3) is 0.391. The molecule has 0 spiro atoms. The highest BCUT2D eigenvalue weighted by molar-refractivity contribution is 5.97. The molecule has 5 nitrogen and oxygen atoms in total. The average Bonchev–Trinajstić information content (AvgIpc) is 2.78. The average molecular weight is 414 g/mol. The second-order valence-corrected chi connectivity index (χ2v) is 7.72. The van der Waals surface area contributed by atoms with Gasteiger partial charge in [0, 0.05) is 32.1 Å². The van der Waals surface area contributed by atoms with Crippen molar-refractivity contribution in [2.24, 2.45) is 5.92 Å². The van der Waals surface area contributed by atoms with Gasteiger partial charge in [-0.2, -0.15) is 8.78 Å². The van der Waals surface area contributed by atoms with Crippen LogP contribution in [0.3, 0.4) is 0 Å². The number of rotatable bonds is 4. The number of alkyl halides is 2. The van der Waals surface area contributed by atoms with Crippen LogP contribution in [-0.2, 0) is 17.8 Å². The smallest absolute Gasteiger partial charge is 0.387 e. The third kappa shape index (κ3) is 4.30. The molecule has 158 valence electrons. The largest absolute Gasteiger partial charge is 0.434 e. The van der Waals surface area contributed by atoms with Crippen molar-refractivity contribution in [1.82, 2.24) is 9.80 Å². The number of likely N-dealkylation sites (tertiary alicyclic amines) is 1. The van der Waals surface area contributed by atoms with E-state index in [-0.39, 0.29) is 29.0 Å². The van der Waals surface area contributed by atoms with E-state index >= 15 is 0 Å². The summed E-state index contributed by atoms with van der Waals surface area (Å²) in [5.74, 6) is -0.448. The van der Waals surface area contributed by atoms with Crippen LogP contribution in [-0.4, -0.2) is 47.9 Å². The van der Waals surface area contributed by atoms with Crippen molar-refractivity contribution in [3.05, 3.63) is 65.2 Å². The number of carbonyl (C=O) groups excluding carboxylic acids is 2. The summed E-state index contributed by atoms with van der Waals surface area (Å²) in [6.45, 7) is -0.803. The lowest BCUT2D eigenvalue weighted by atomic mass is 9.92. The van der Waals surface area contributed by atoms with Crippen LogP contribution in [0.5, 0.6) is 5.75 Å². The van der Waals surface area contributed by atoms with Crippen molar-refractivity contribution < 1.29 is 23.1 Å². The molecule has 0 atom stereocenters. The number of halogens is 2. The fourth-order valence-corrected chi connectivity index (χ4v) is 4.28. The Morgan fingerprint density at radius 1 is 0.900 bits per heavy atom. The Morgan fingerprint density at radius 3 is 2.30 bits per heavy atom. The second kappa shape index (κ2) is 8.81. The van der Waals surface area contributed by atoms with Gasteiger partial charge in [0.2, 0.25) is 5.91 Å². The van der Waals surface area contributed by atoms with Crippen LogP contribution in [0.15, 0.2) is 48.5 Å². The van der Waals surface area contributed by atoms with Crippen LogP contribution in [0, 0.1) is 5.92 Å². The second-order valence-electron chi connectivity index (χ2n) is 7.72. The first kappa shape index (κ1) is 20.3. The lowest BCUT2D eigenvalue weighted by Gasteiger charge is -2.36. The predicted octanol–water partition coefficient (Wildman–Crippen LogP) is 3.73. The van der Waals surface area contributed by atoms with Crippen molar-refractivity contribution in [2.45, 2.75) is 32.4 Å². The highest BCUT2D eigenvalue weighted by Gasteiger charge is 2.32. The van der Waals surface area contributed by atoms with Crippen molar-refractivity contribution in [3.63, 3.8) is 0 Å². The van der Waals surface area contributed by atoms with Gasteiger partial charge in [-0.25, -0.2) is 0 Å². The van der Waals surface area contributed by atoms with E-state index in [4.69, 9.17) is 0 Å². The van der Waals surface area contributed by atoms with E-state index in [2.05, 4.69) is 16.9 Å². The van der Waals surface area contributed by atoms with Crippen LogP contribution >= 0.6 is 0 Å². The van der Waals surface area contributed by atoms with E-state index < -0.39 is 6.61 Å². The molecule has 4 rings (SSSR count). The van der Waals surface area contributed by atoms with Crippen LogP contribution in [0.25, 0.3) is 0 Å². The third-order valence-electron chi connectivity index (χ3n) is 5.91. The summed E-state index contributed by atoms with van der Waals surface area (Å²) in [5.41, 5.74) is 2.61. The number of ether oxygens (including phenoxy) is 1. The van der Waals surface area contributed by atoms with Gasteiger partial charge in [-0.3, -0.25) is 9.59 Å². The van der Waals surface area contributed by atoms with Gasteiger partial charge in [-0.05, 0) is 42.5 Å². The van der Waals surface area contributed by atoms with Crippen LogP contribution in [0.2, 0.25) is 0 Å². The standard InChI is InChI=1S/C23H24F2N2O3/c24-23(25)30-20-8-4-3-7-19(20)22(29)26-12-10-17(11-13-26)21(28)27-14-9-16-5-1-2-6-18(16)15-27/h1-8,17,23H,9-15H2. The molecule has 2 aromatic carbocycles. The molecule has 0 aliphatic carbocycles. The Balaban J connectivity index is 1.36. The number of carbonyl (C=O) groups is 2. The molecular weight excluding hydrogens is 390 g/mol. The number of para-hydroxylation sites is 1. The molecule has 0 aromatic heterocycles. The SMILES string of the molecule is O=C(c1ccccc1OC(F)F)N1CCC(C(=O)N2CCc3ccccc3C2)CC1. The number of piperidine rings is 1. The van der Waals surface area contributed by atoms with E-state index in [1.54, 1.807) is 17.0 Å². The number of hydrogen-bond donors (Lipinski definition) is 0. The van der Waals surface area contributed by atoms with Crippen molar-refractivity contribution in [1.29, 1.82) is 0 Å². The number of benzene rings is 2. The first-order valence-electron chi connectivity index (χ1n) is 10.2. The fourth-order valence-electron chi connectivity index (χ4n) is 4.28. The normalized spacial score (nSPS) is 17.0. The maximum Gasteiger partial charge on any atom is 0.387 e. The molecule has 0 N–H and O–H groups in total. The molecule has 2 aromatic rings. The predicted molar refractivity (Wildman–Crippen MR) is 107 cm³/mol. The summed E-state index contributed by atoms with van der Waals surface area (Å²) in [6.07, 6.45) is 2.00. The molecule has 0 radical (unpaired) electrons. The zero-order valence-electron chi connectivity index (χ0n) is 16.6. The maximum absolute atomic E-state index is 13.0. The Hall–Kier alpha value is -2.96. The maximum atomic E-state index is 13.0. The number of nitrogens with zero attached hydrogens (tertiary/aromatic N) is 2. The van der Waals surface area contributed by atoms with Gasteiger partial charge >= 0.3 is 6.61 Å². The monoisotopic (exact) mass is 414 g/mol. The van der Waals surface area contributed by atoms with Gasteiger partial charge in [0.25, 0.3) is 5.91 Å². The lowest BCUT2D eigenvalue weighted by molar-refractivity contribution is -0.137. The Morgan fingerprint density at radius 2 is 1.57 bits per heavy atom. The summed E-state index contributed by atoms with van der Waals surface area (Å²) in [7, 11) is 0. The summed E-state index contributed by atoms with van der Waals surface area (Å²) < 4.78 is 29.7. The lowest BCUT2D eigenvalue weighted by Crippen LogP contribution is -2.45. The van der Waals surface area contributed by atoms with Crippen LogP contribution in [0.4, 0.5) is 8.78 Å². The van der Waals surface area contributed by atoms with Gasteiger partial charge < -0.3 is 14.5 Å². The molecule has 2 aliphatic heterocycles. The minimum Gasteiger partial charge on any atom is -0.434 e. The third-order valence-corrected chi connectivity index (χ3v) is 5.91. The summed E-state index contributed by atoms with van der Waals surface area (Å²) in [4.78, 5) is 29.4. The van der Waals surface area contributed by atoms with Gasteiger partial charge in [-0.15, -0.1) is 0 Å². The molecule has 0 saturated carbocycles. The molecule has 1 saturated heterocycles. The van der Waals surface area contributed by atoms with E-state index in [0.717, 1.165) is 6.42 Å². The Labute approximate surface area is 174 Å². The van der Waals surface area contributed by atoms with E-state index in [1.165, 1.54) is 23.3 Å². The topological polar surface area (TPSA) is 49.9 Å². The Bertz CT molecular complexity index is 926. The van der Waals surface area contributed by atoms with Crippen LogP contribution in [0.1, 0.15) is 34.3 Å². The highest BCUT2D eigenvalue weighted by atomic mass is 19.3. The molecule has 7 heteroatoms. The number of hydrogen-bond acceptors (Lipinski definition) is 3. The summed E-state index contributed by atoms with van der Waals surface area (Å²) in [6, 6.07) is 14.2. The van der Waals surface area contributed by atoms with Gasteiger partial charge in [0.1, 0.15) is 5.75 Å². The summed E-state index contributed by atoms with van der Waals surface area (Å²) >= 11 is 0. The van der Waals surface area contributed by atoms with Gasteiger partial charge in [0.05, 0.1) is 5.56 Å². The molecule has 2 amide bonds. The number of fused-ring (bicyclic) bond motifs is 1. The first-order chi connectivity index (χ1) is 14.5. The highest BCUT2D eigenvalue weighted by Crippen LogP contribution is 2.27. The number of amides is 2.